The molecule has 0 amide bonds. The lowest BCUT2D eigenvalue weighted by Crippen LogP contribution is -2.53. The van der Waals surface area contributed by atoms with E-state index >= 15 is 0 Å². The maximum atomic E-state index is 12.5. The number of pyridine rings is 2. The first-order valence-electron chi connectivity index (χ1n) is 13.5. The van der Waals surface area contributed by atoms with Crippen LogP contribution in [0.1, 0.15) is 37.7 Å². The predicted molar refractivity (Wildman–Crippen MR) is 157 cm³/mol. The van der Waals surface area contributed by atoms with Gasteiger partial charge < -0.3 is 14.6 Å². The van der Waals surface area contributed by atoms with Gasteiger partial charge in [0.05, 0.1) is 17.1 Å². The van der Waals surface area contributed by atoms with Crippen LogP contribution in [0.3, 0.4) is 0 Å². The molecule has 0 atom stereocenters. The standard InChI is InChI=1S/C31H38N6O2/c1-20-16-23(8-9-26(20)37-15-10-34(7)30(37)39)25-17-21(2)33-28(29(25)38)24-18-27(22(3)32-19-24)35-11-13-36(14-12-35)31(4,5)6/h8-10,15-19,38H,11-14H2,1-7H3. The summed E-state index contributed by atoms with van der Waals surface area (Å²) in [4.78, 5) is 26.8. The molecule has 1 fully saturated rings. The normalized spacial score (nSPS) is 14.7. The molecule has 5 rings (SSSR count). The Morgan fingerprint density at radius 2 is 1.62 bits per heavy atom. The van der Waals surface area contributed by atoms with Crippen molar-refractivity contribution >= 4 is 5.69 Å². The van der Waals surface area contributed by atoms with E-state index < -0.39 is 0 Å². The third-order valence-corrected chi connectivity index (χ3v) is 7.74. The molecule has 0 spiro atoms. The molecule has 204 valence electrons. The maximum absolute atomic E-state index is 12.5. The molecule has 3 aromatic heterocycles. The van der Waals surface area contributed by atoms with Crippen LogP contribution in [0.4, 0.5) is 5.69 Å². The highest BCUT2D eigenvalue weighted by Crippen LogP contribution is 2.39. The number of anilines is 1. The fourth-order valence-electron chi connectivity index (χ4n) is 5.42. The summed E-state index contributed by atoms with van der Waals surface area (Å²) in [6.07, 6.45) is 5.31. The highest BCUT2D eigenvalue weighted by molar-refractivity contribution is 5.81. The van der Waals surface area contributed by atoms with Gasteiger partial charge in [-0.2, -0.15) is 0 Å². The summed E-state index contributed by atoms with van der Waals surface area (Å²) < 4.78 is 3.18. The zero-order valence-electron chi connectivity index (χ0n) is 24.0. The van der Waals surface area contributed by atoms with E-state index in [9.17, 15) is 9.90 Å². The predicted octanol–water partition coefficient (Wildman–Crippen LogP) is 4.85. The van der Waals surface area contributed by atoms with Gasteiger partial charge in [-0.25, -0.2) is 9.78 Å². The third kappa shape index (κ3) is 5.08. The molecule has 0 saturated carbocycles. The highest BCUT2D eigenvalue weighted by atomic mass is 16.3. The molecule has 0 aliphatic carbocycles. The topological polar surface area (TPSA) is 79.4 Å². The minimum Gasteiger partial charge on any atom is -0.505 e. The van der Waals surface area contributed by atoms with Crippen molar-refractivity contribution in [2.24, 2.45) is 7.05 Å². The van der Waals surface area contributed by atoms with Crippen LogP contribution in [0.25, 0.3) is 28.1 Å². The second-order valence-electron chi connectivity index (χ2n) is 11.5. The lowest BCUT2D eigenvalue weighted by molar-refractivity contribution is 0.128. The number of rotatable bonds is 4. The minimum absolute atomic E-state index is 0.0989. The van der Waals surface area contributed by atoms with E-state index in [-0.39, 0.29) is 17.0 Å². The summed E-state index contributed by atoms with van der Waals surface area (Å²) in [5.74, 6) is 0.124. The van der Waals surface area contributed by atoms with Gasteiger partial charge in [0.2, 0.25) is 0 Å². The summed E-state index contributed by atoms with van der Waals surface area (Å²) in [6.45, 7) is 16.6. The van der Waals surface area contributed by atoms with Gasteiger partial charge in [-0.15, -0.1) is 0 Å². The largest absolute Gasteiger partial charge is 0.505 e. The number of aromatic nitrogens is 4. The van der Waals surface area contributed by atoms with Crippen molar-refractivity contribution in [2.75, 3.05) is 31.1 Å². The van der Waals surface area contributed by atoms with E-state index in [0.717, 1.165) is 65.6 Å². The number of hydrogen-bond acceptors (Lipinski definition) is 6. The first-order chi connectivity index (χ1) is 18.4. The molecule has 0 unspecified atom stereocenters. The number of nitrogens with zero attached hydrogens (tertiary/aromatic N) is 6. The van der Waals surface area contributed by atoms with E-state index in [1.165, 1.54) is 0 Å². The number of aromatic hydroxyl groups is 1. The number of piperazine rings is 1. The van der Waals surface area contributed by atoms with Crippen molar-refractivity contribution < 1.29 is 5.11 Å². The Kier molecular flexibility index (Phi) is 6.84. The fourth-order valence-corrected chi connectivity index (χ4v) is 5.42. The summed E-state index contributed by atoms with van der Waals surface area (Å²) in [6, 6.07) is 9.87. The molecule has 1 N–H and O–H groups in total. The van der Waals surface area contributed by atoms with Crippen molar-refractivity contribution in [1.82, 2.24) is 24.0 Å². The molecule has 39 heavy (non-hydrogen) atoms. The summed E-state index contributed by atoms with van der Waals surface area (Å²) in [5.41, 5.74) is 7.54. The average Bonchev–Trinajstić information content (AvgIpc) is 3.22. The van der Waals surface area contributed by atoms with Crippen LogP contribution in [-0.4, -0.2) is 60.8 Å². The van der Waals surface area contributed by atoms with Crippen LogP contribution >= 0.6 is 0 Å². The SMILES string of the molecule is Cc1cc(-c2ccc(-n3ccn(C)c3=O)c(C)c2)c(O)c(-c2cnc(C)c(N3CCN(C(C)(C)C)CC3)c2)n1. The zero-order chi connectivity index (χ0) is 28.1. The van der Waals surface area contributed by atoms with Crippen molar-refractivity contribution in [3.05, 3.63) is 76.4 Å². The van der Waals surface area contributed by atoms with E-state index in [2.05, 4.69) is 36.6 Å². The second kappa shape index (κ2) is 10.0. The molecule has 0 radical (unpaired) electrons. The van der Waals surface area contributed by atoms with Gasteiger partial charge in [0.1, 0.15) is 11.4 Å². The van der Waals surface area contributed by atoms with Gasteiger partial charge in [0, 0.05) is 74.2 Å². The molecular weight excluding hydrogens is 488 g/mol. The quantitative estimate of drug-likeness (QED) is 0.410. The zero-order valence-corrected chi connectivity index (χ0v) is 24.0. The summed E-state index contributed by atoms with van der Waals surface area (Å²) in [7, 11) is 1.74. The van der Waals surface area contributed by atoms with Crippen LogP contribution in [-0.2, 0) is 7.05 Å². The summed E-state index contributed by atoms with van der Waals surface area (Å²) in [5, 5.41) is 11.5. The molecule has 1 saturated heterocycles. The van der Waals surface area contributed by atoms with Crippen molar-refractivity contribution in [3.63, 3.8) is 0 Å². The van der Waals surface area contributed by atoms with Crippen LogP contribution in [0.5, 0.6) is 5.75 Å². The van der Waals surface area contributed by atoms with Crippen LogP contribution in [0, 0.1) is 20.8 Å². The Hall–Kier alpha value is -3.91. The molecular formula is C31H38N6O2. The number of benzene rings is 1. The lowest BCUT2D eigenvalue weighted by Gasteiger charge is -2.43. The molecule has 8 nitrogen and oxygen atoms in total. The van der Waals surface area contributed by atoms with E-state index in [1.807, 2.05) is 45.0 Å². The van der Waals surface area contributed by atoms with Gasteiger partial charge in [0.25, 0.3) is 0 Å². The van der Waals surface area contributed by atoms with E-state index in [1.54, 1.807) is 34.8 Å². The van der Waals surface area contributed by atoms with Crippen LogP contribution < -0.4 is 10.6 Å². The lowest BCUT2D eigenvalue weighted by atomic mass is 9.98. The highest BCUT2D eigenvalue weighted by Gasteiger charge is 2.27. The Bertz CT molecular complexity index is 1590. The van der Waals surface area contributed by atoms with E-state index in [0.29, 0.717) is 11.3 Å². The van der Waals surface area contributed by atoms with Gasteiger partial charge in [-0.05, 0) is 76.9 Å². The van der Waals surface area contributed by atoms with Crippen molar-refractivity contribution in [1.29, 1.82) is 0 Å². The fraction of sp³-hybridized carbons (Fsp3) is 0.387. The van der Waals surface area contributed by atoms with Crippen LogP contribution in [0.2, 0.25) is 0 Å². The Balaban J connectivity index is 1.50. The Labute approximate surface area is 230 Å². The first-order valence-corrected chi connectivity index (χ1v) is 13.5. The minimum atomic E-state index is -0.0989. The summed E-state index contributed by atoms with van der Waals surface area (Å²) >= 11 is 0. The second-order valence-corrected chi connectivity index (χ2v) is 11.5. The van der Waals surface area contributed by atoms with Gasteiger partial charge in [0.15, 0.2) is 0 Å². The molecule has 1 aliphatic rings. The first kappa shape index (κ1) is 26.7. The van der Waals surface area contributed by atoms with Gasteiger partial charge in [-0.1, -0.05) is 6.07 Å². The molecule has 1 aromatic carbocycles. The third-order valence-electron chi connectivity index (χ3n) is 7.74. The smallest absolute Gasteiger partial charge is 0.332 e. The van der Waals surface area contributed by atoms with Gasteiger partial charge in [-0.3, -0.25) is 14.5 Å². The molecule has 4 aromatic rings. The number of aryl methyl sites for hydroxylation is 4. The Morgan fingerprint density at radius 1 is 0.897 bits per heavy atom. The molecule has 1 aliphatic heterocycles. The van der Waals surface area contributed by atoms with Gasteiger partial charge >= 0.3 is 5.69 Å². The monoisotopic (exact) mass is 526 g/mol. The molecule has 0 bridgehead atoms. The average molecular weight is 527 g/mol. The molecule has 4 heterocycles. The Morgan fingerprint density at radius 3 is 2.23 bits per heavy atom. The molecule has 8 heteroatoms. The maximum Gasteiger partial charge on any atom is 0.332 e. The van der Waals surface area contributed by atoms with Crippen molar-refractivity contribution in [3.8, 4) is 33.8 Å². The van der Waals surface area contributed by atoms with E-state index in [4.69, 9.17) is 9.97 Å². The van der Waals surface area contributed by atoms with Crippen molar-refractivity contribution in [2.45, 2.75) is 47.1 Å². The number of hydrogen-bond donors (Lipinski definition) is 1. The van der Waals surface area contributed by atoms with Crippen LogP contribution in [0.15, 0.2) is 53.7 Å². The number of imidazole rings is 1.